The number of sulfonamides is 1. The smallest absolute Gasteiger partial charge is 0.263 e. The number of aromatic nitrogens is 1. The molecule has 0 fully saturated rings. The number of pyridine rings is 1. The van der Waals surface area contributed by atoms with Crippen molar-refractivity contribution >= 4 is 21.6 Å². The number of anilines is 1. The van der Waals surface area contributed by atoms with Gasteiger partial charge in [-0.15, -0.1) is 0 Å². The van der Waals surface area contributed by atoms with Gasteiger partial charge in [0.1, 0.15) is 5.75 Å². The summed E-state index contributed by atoms with van der Waals surface area (Å²) < 4.78 is 27.4. The molecule has 8 nitrogen and oxygen atoms in total. The van der Waals surface area contributed by atoms with Crippen LogP contribution in [0.4, 0.5) is 5.69 Å². The maximum Gasteiger partial charge on any atom is 0.263 e. The molecule has 1 atom stereocenters. The number of rotatable bonds is 8. The Labute approximate surface area is 158 Å². The molecule has 0 aliphatic carbocycles. The van der Waals surface area contributed by atoms with Gasteiger partial charge in [-0.3, -0.25) is 19.7 Å². The third-order valence-electron chi connectivity index (χ3n) is 3.91. The summed E-state index contributed by atoms with van der Waals surface area (Å²) in [7, 11) is -4.17. The van der Waals surface area contributed by atoms with E-state index in [1.54, 1.807) is 38.4 Å². The van der Waals surface area contributed by atoms with Crippen LogP contribution in [0.15, 0.2) is 42.7 Å². The van der Waals surface area contributed by atoms with Crippen LogP contribution >= 0.6 is 0 Å². The summed E-state index contributed by atoms with van der Waals surface area (Å²) in [5, 5.41) is 17.5. The maximum absolute atomic E-state index is 12.6. The van der Waals surface area contributed by atoms with Crippen molar-refractivity contribution in [3.8, 4) is 5.75 Å². The normalized spacial score (nSPS) is 12.6. The standard InChI is InChI=1S/C18H23N3O5S/c1-12(2)8-17(18(23)20-24)27(25,26)21-15-6-5-13(10-16(15)22)9-14-4-3-7-19-11-14/h3-7,10-12,17,21-22,24H,8-9H2,1-2H3,(H,20,23)/t17-/m1/s1. The minimum atomic E-state index is -4.17. The highest BCUT2D eigenvalue weighted by Gasteiger charge is 2.33. The Morgan fingerprint density at radius 1 is 1.22 bits per heavy atom. The molecule has 0 aliphatic heterocycles. The molecule has 1 aromatic carbocycles. The Morgan fingerprint density at radius 2 is 1.96 bits per heavy atom. The van der Waals surface area contributed by atoms with E-state index in [1.807, 2.05) is 6.07 Å². The van der Waals surface area contributed by atoms with Crippen molar-refractivity contribution in [2.75, 3.05) is 4.72 Å². The first-order valence-corrected chi connectivity index (χ1v) is 9.94. The first kappa shape index (κ1) is 20.7. The van der Waals surface area contributed by atoms with Crippen molar-refractivity contribution in [2.45, 2.75) is 31.9 Å². The number of carbonyl (C=O) groups excluding carboxylic acids is 1. The van der Waals surface area contributed by atoms with Crippen LogP contribution in [0.5, 0.6) is 5.75 Å². The number of nitrogens with one attached hydrogen (secondary N) is 2. The van der Waals surface area contributed by atoms with Gasteiger partial charge in [-0.2, -0.15) is 0 Å². The Balaban J connectivity index is 2.21. The number of phenols is 1. The van der Waals surface area contributed by atoms with E-state index in [0.29, 0.717) is 6.42 Å². The number of nitrogens with zero attached hydrogens (tertiary/aromatic N) is 1. The summed E-state index contributed by atoms with van der Waals surface area (Å²) in [6, 6.07) is 8.26. The third-order valence-corrected chi connectivity index (χ3v) is 5.57. The van der Waals surface area contributed by atoms with E-state index in [0.717, 1.165) is 11.1 Å². The van der Waals surface area contributed by atoms with E-state index < -0.39 is 21.2 Å². The van der Waals surface area contributed by atoms with E-state index in [9.17, 15) is 18.3 Å². The van der Waals surface area contributed by atoms with Gasteiger partial charge in [0.15, 0.2) is 5.25 Å². The van der Waals surface area contributed by atoms with Crippen LogP contribution in [0.2, 0.25) is 0 Å². The second kappa shape index (κ2) is 8.83. The van der Waals surface area contributed by atoms with Crippen LogP contribution in [0.25, 0.3) is 0 Å². The number of hydrogen-bond donors (Lipinski definition) is 4. The lowest BCUT2D eigenvalue weighted by Gasteiger charge is -2.19. The molecule has 0 bridgehead atoms. The van der Waals surface area contributed by atoms with E-state index in [1.165, 1.54) is 17.6 Å². The average molecular weight is 393 g/mol. The summed E-state index contributed by atoms with van der Waals surface area (Å²) in [5.74, 6) is -1.38. The lowest BCUT2D eigenvalue weighted by molar-refractivity contribution is -0.129. The van der Waals surface area contributed by atoms with Crippen molar-refractivity contribution in [3.05, 3.63) is 53.9 Å². The SMILES string of the molecule is CC(C)C[C@H](C(=O)NO)S(=O)(=O)Nc1ccc(Cc2cccnc2)cc1O. The third kappa shape index (κ3) is 5.66. The first-order chi connectivity index (χ1) is 12.7. The van der Waals surface area contributed by atoms with Gasteiger partial charge in [-0.1, -0.05) is 26.0 Å². The molecule has 0 spiro atoms. The molecule has 27 heavy (non-hydrogen) atoms. The van der Waals surface area contributed by atoms with Crippen LogP contribution in [-0.4, -0.2) is 34.9 Å². The highest BCUT2D eigenvalue weighted by molar-refractivity contribution is 7.94. The number of hydrogen-bond acceptors (Lipinski definition) is 6. The minimum Gasteiger partial charge on any atom is -0.506 e. The van der Waals surface area contributed by atoms with Gasteiger partial charge in [-0.25, -0.2) is 13.9 Å². The molecule has 0 saturated heterocycles. The molecule has 0 unspecified atom stereocenters. The number of hydroxylamine groups is 1. The summed E-state index contributed by atoms with van der Waals surface area (Å²) in [5.41, 5.74) is 3.07. The van der Waals surface area contributed by atoms with Crippen LogP contribution in [-0.2, 0) is 21.2 Å². The Kier molecular flexibility index (Phi) is 6.75. The molecule has 0 saturated carbocycles. The molecule has 1 heterocycles. The van der Waals surface area contributed by atoms with Gasteiger partial charge in [0.25, 0.3) is 5.91 Å². The fourth-order valence-electron chi connectivity index (χ4n) is 2.61. The molecule has 1 amide bonds. The quantitative estimate of drug-likeness (QED) is 0.309. The van der Waals surface area contributed by atoms with E-state index >= 15 is 0 Å². The second-order valence-corrected chi connectivity index (χ2v) is 8.49. The number of benzene rings is 1. The van der Waals surface area contributed by atoms with E-state index in [4.69, 9.17) is 5.21 Å². The second-order valence-electron chi connectivity index (χ2n) is 6.63. The molecule has 2 aromatic rings. The van der Waals surface area contributed by atoms with Crippen LogP contribution < -0.4 is 10.2 Å². The van der Waals surface area contributed by atoms with Crippen LogP contribution in [0, 0.1) is 5.92 Å². The minimum absolute atomic E-state index is 0.0155. The zero-order chi connectivity index (χ0) is 20.0. The molecule has 1 aromatic heterocycles. The zero-order valence-corrected chi connectivity index (χ0v) is 15.9. The van der Waals surface area contributed by atoms with Crippen molar-refractivity contribution in [1.29, 1.82) is 0 Å². The average Bonchev–Trinajstić information content (AvgIpc) is 2.62. The largest absolute Gasteiger partial charge is 0.506 e. The van der Waals surface area contributed by atoms with Gasteiger partial charge in [-0.05, 0) is 48.1 Å². The van der Waals surface area contributed by atoms with Gasteiger partial charge in [0.2, 0.25) is 10.0 Å². The van der Waals surface area contributed by atoms with Gasteiger partial charge in [0, 0.05) is 12.4 Å². The molecule has 4 N–H and O–H groups in total. The topological polar surface area (TPSA) is 129 Å². The molecular weight excluding hydrogens is 370 g/mol. The van der Waals surface area contributed by atoms with Gasteiger partial charge in [0.05, 0.1) is 5.69 Å². The monoisotopic (exact) mass is 393 g/mol. The zero-order valence-electron chi connectivity index (χ0n) is 15.1. The Bertz CT molecular complexity index is 885. The van der Waals surface area contributed by atoms with Crippen molar-refractivity contribution in [2.24, 2.45) is 5.92 Å². The van der Waals surface area contributed by atoms with E-state index in [2.05, 4.69) is 9.71 Å². The highest BCUT2D eigenvalue weighted by atomic mass is 32.2. The van der Waals surface area contributed by atoms with Gasteiger partial charge >= 0.3 is 0 Å². The van der Waals surface area contributed by atoms with Crippen LogP contribution in [0.3, 0.4) is 0 Å². The molecule has 2 rings (SSSR count). The molecule has 146 valence electrons. The fourth-order valence-corrected chi connectivity index (χ4v) is 4.21. The highest BCUT2D eigenvalue weighted by Crippen LogP contribution is 2.28. The number of aromatic hydroxyl groups is 1. The predicted molar refractivity (Wildman–Crippen MR) is 101 cm³/mol. The summed E-state index contributed by atoms with van der Waals surface area (Å²) >= 11 is 0. The molecule has 0 aliphatic rings. The first-order valence-electron chi connectivity index (χ1n) is 8.39. The van der Waals surface area contributed by atoms with Crippen molar-refractivity contribution < 1.29 is 23.5 Å². The number of carbonyl (C=O) groups is 1. The van der Waals surface area contributed by atoms with Crippen molar-refractivity contribution in [3.63, 3.8) is 0 Å². The summed E-state index contributed by atoms with van der Waals surface area (Å²) in [6.07, 6.45) is 3.91. The molecular formula is C18H23N3O5S. The lowest BCUT2D eigenvalue weighted by Crippen LogP contribution is -2.42. The summed E-state index contributed by atoms with van der Waals surface area (Å²) in [6.45, 7) is 3.52. The Hall–Kier alpha value is -2.65. The maximum atomic E-state index is 12.6. The predicted octanol–water partition coefficient (Wildman–Crippen LogP) is 2.04. The summed E-state index contributed by atoms with van der Waals surface area (Å²) in [4.78, 5) is 15.8. The van der Waals surface area contributed by atoms with Crippen molar-refractivity contribution in [1.82, 2.24) is 10.5 Å². The lowest BCUT2D eigenvalue weighted by atomic mass is 10.1. The molecule has 0 radical (unpaired) electrons. The Morgan fingerprint density at radius 3 is 2.52 bits per heavy atom. The number of amides is 1. The van der Waals surface area contributed by atoms with Crippen LogP contribution in [0.1, 0.15) is 31.4 Å². The molecule has 9 heteroatoms. The van der Waals surface area contributed by atoms with Gasteiger partial charge < -0.3 is 5.11 Å². The number of phenolic OH excluding ortho intramolecular Hbond substituents is 1. The van der Waals surface area contributed by atoms with E-state index in [-0.39, 0.29) is 23.8 Å². The fraction of sp³-hybridized carbons (Fsp3) is 0.333.